The van der Waals surface area contributed by atoms with Crippen molar-refractivity contribution in [2.75, 3.05) is 19.6 Å². The molecule has 1 saturated carbocycles. The molecule has 70 heavy (non-hydrogen) atoms. The highest BCUT2D eigenvalue weighted by atomic mass is 35.5. The Labute approximate surface area is 421 Å². The molecule has 4 aromatic rings. The minimum absolute atomic E-state index is 0.000675. The van der Waals surface area contributed by atoms with Gasteiger partial charge in [0.05, 0.1) is 22.2 Å². The summed E-state index contributed by atoms with van der Waals surface area (Å²) in [6.07, 6.45) is -2.72. The number of carbonyl (C=O) groups is 3. The first-order valence-corrected chi connectivity index (χ1v) is 27.0. The number of aromatic nitrogens is 1. The lowest BCUT2D eigenvalue weighted by Gasteiger charge is -2.48. The number of fused-ring (bicyclic) bond motifs is 1. The highest BCUT2D eigenvalue weighted by molar-refractivity contribution is 8.18. The number of piperazine rings is 1. The molecule has 0 unspecified atom stereocenters. The summed E-state index contributed by atoms with van der Waals surface area (Å²) in [5.74, 6) is -3.69. The Morgan fingerprint density at radius 2 is 1.51 bits per heavy atom. The molecule has 2 saturated heterocycles. The van der Waals surface area contributed by atoms with Crippen LogP contribution in [0.15, 0.2) is 113 Å². The Morgan fingerprint density at radius 1 is 0.886 bits per heavy atom. The van der Waals surface area contributed by atoms with Gasteiger partial charge in [-0.2, -0.15) is 13.2 Å². The van der Waals surface area contributed by atoms with Gasteiger partial charge in [0.15, 0.2) is 5.17 Å². The third-order valence-corrected chi connectivity index (χ3v) is 21.6. The molecule has 3 aromatic carbocycles. The summed E-state index contributed by atoms with van der Waals surface area (Å²) in [6, 6.07) is 25.7. The number of amidine groups is 1. The molecule has 0 N–H and O–H groups in total. The molecule has 3 fully saturated rings. The molecule has 0 bridgehead atoms. The molecule has 0 radical (unpaired) electrons. The second-order valence-electron chi connectivity index (χ2n) is 21.1. The Kier molecular flexibility index (Phi) is 12.8. The third kappa shape index (κ3) is 8.46. The van der Waals surface area contributed by atoms with Crippen LogP contribution in [0.5, 0.6) is 0 Å². The van der Waals surface area contributed by atoms with Crippen LogP contribution in [-0.2, 0) is 24.3 Å². The number of alkyl halides is 3. The zero-order valence-corrected chi connectivity index (χ0v) is 43.6. The number of rotatable bonds is 9. The maximum Gasteiger partial charge on any atom is 0.471 e. The fraction of sp³-hybridized carbons (Fsp3) is 0.442. The molecule has 1 spiro atoms. The monoisotopic (exact) mass is 1030 g/mol. The van der Waals surface area contributed by atoms with E-state index in [9.17, 15) is 18.0 Å². The molecule has 9 rings (SSSR count). The number of amides is 3. The first-order chi connectivity index (χ1) is 32.8. The van der Waals surface area contributed by atoms with Crippen molar-refractivity contribution in [2.45, 2.75) is 121 Å². The largest absolute Gasteiger partial charge is 0.471 e. The first kappa shape index (κ1) is 50.2. The second kappa shape index (κ2) is 17.8. The number of allylic oxidation sites excluding steroid dienone is 1. The molecular weight excluding hydrogens is 980 g/mol. The summed E-state index contributed by atoms with van der Waals surface area (Å²) in [7, 11) is -3.32. The van der Waals surface area contributed by atoms with Crippen molar-refractivity contribution in [1.82, 2.24) is 24.6 Å². The standard InChI is InChI=1S/C52H56Cl2F4N6O4SSi/c1-31(2)41-42(69-47-60-50(8,34-20-22-40(54)59-27-34)43(64(41)47)33-19-21-37(53)38(55)25-33)45(66)62-29-49(7,68-70(48(4,5)6,35-15-11-9-12-16-35)36-17-13-10-14-18-36)26-39(62)44(65)61-30-51(23-24-51)63(28-32(61)3)46(67)52(56,57)58/h9-22,25,27,31-32,39,43H,23-24,26,28-30H2,1-8H3/t32-,39-,43+,49-,50-/m0/s1. The van der Waals surface area contributed by atoms with Gasteiger partial charge >= 0.3 is 12.1 Å². The predicted octanol–water partition coefficient (Wildman–Crippen LogP) is 9.86. The minimum Gasteiger partial charge on any atom is -0.400 e. The van der Waals surface area contributed by atoms with Crippen molar-refractivity contribution in [3.8, 4) is 0 Å². The SMILES string of the molecule is CC(C)C1=C(C(=O)N2C[C@@](C)(O[Si](c3ccccc3)(c3ccccc3)C(C)(C)C)C[C@H]2C(=O)N2CC3(CC3)N(C(=O)C(F)(F)F)C[C@@H]2C)SC2=N[C@@](C)(c3ccc(Cl)nc3)[C@@H](c3ccc(Cl)c(F)c3)N21. The number of hydrogen-bond acceptors (Lipinski definition) is 8. The average molecular weight is 1040 g/mol. The number of pyridine rings is 1. The first-order valence-electron chi connectivity index (χ1n) is 23.5. The second-order valence-corrected chi connectivity index (χ2v) is 27.1. The minimum atomic E-state index is -5.07. The summed E-state index contributed by atoms with van der Waals surface area (Å²) in [4.78, 5) is 60.3. The highest BCUT2D eigenvalue weighted by Gasteiger charge is 2.63. The molecule has 18 heteroatoms. The number of benzene rings is 3. The van der Waals surface area contributed by atoms with E-state index < -0.39 is 77.9 Å². The summed E-state index contributed by atoms with van der Waals surface area (Å²) in [6.45, 7) is 15.5. The number of aliphatic imine (C=N–C) groups is 1. The highest BCUT2D eigenvalue weighted by Crippen LogP contribution is 2.57. The molecule has 370 valence electrons. The van der Waals surface area contributed by atoms with Crippen molar-refractivity contribution in [2.24, 2.45) is 10.9 Å². The van der Waals surface area contributed by atoms with Gasteiger partial charge in [-0.05, 0) is 90.5 Å². The molecule has 3 amide bonds. The summed E-state index contributed by atoms with van der Waals surface area (Å²) in [5.41, 5.74) is -1.45. The lowest BCUT2D eigenvalue weighted by Crippen LogP contribution is -2.69. The molecule has 5 heterocycles. The van der Waals surface area contributed by atoms with E-state index in [1.165, 1.54) is 23.9 Å². The Hall–Kier alpha value is -4.74. The van der Waals surface area contributed by atoms with Crippen LogP contribution in [0.2, 0.25) is 15.2 Å². The Balaban J connectivity index is 1.16. The molecule has 4 aliphatic heterocycles. The van der Waals surface area contributed by atoms with Crippen LogP contribution >= 0.6 is 35.0 Å². The van der Waals surface area contributed by atoms with Crippen LogP contribution in [0.1, 0.15) is 91.8 Å². The molecule has 5 aliphatic rings. The van der Waals surface area contributed by atoms with Crippen molar-refractivity contribution in [1.29, 1.82) is 0 Å². The van der Waals surface area contributed by atoms with Crippen LogP contribution in [0, 0.1) is 11.7 Å². The number of halogens is 6. The average Bonchev–Trinajstić information content (AvgIpc) is 3.72. The maximum absolute atomic E-state index is 15.9. The Morgan fingerprint density at radius 3 is 2.04 bits per heavy atom. The zero-order chi connectivity index (χ0) is 50.5. The fourth-order valence-electron chi connectivity index (χ4n) is 11.3. The van der Waals surface area contributed by atoms with Crippen molar-refractivity contribution >= 4 is 76.5 Å². The van der Waals surface area contributed by atoms with E-state index in [-0.39, 0.29) is 42.1 Å². The topological polar surface area (TPSA) is 98.6 Å². The van der Waals surface area contributed by atoms with Gasteiger partial charge in [0.1, 0.15) is 27.5 Å². The molecule has 1 aromatic heterocycles. The van der Waals surface area contributed by atoms with E-state index in [0.29, 0.717) is 39.7 Å². The van der Waals surface area contributed by atoms with Crippen LogP contribution in [0.25, 0.3) is 0 Å². The maximum atomic E-state index is 15.9. The van der Waals surface area contributed by atoms with Crippen LogP contribution in [-0.4, -0.2) is 105 Å². The van der Waals surface area contributed by atoms with Gasteiger partial charge in [0.25, 0.3) is 14.2 Å². The van der Waals surface area contributed by atoms with E-state index in [4.69, 9.17) is 32.6 Å². The van der Waals surface area contributed by atoms with Gasteiger partial charge < -0.3 is 24.0 Å². The Bertz CT molecular complexity index is 2750. The zero-order valence-electron chi connectivity index (χ0n) is 40.3. The number of hydrogen-bond donors (Lipinski definition) is 0. The number of likely N-dealkylation sites (tertiary alicyclic amines) is 1. The molecule has 5 atom stereocenters. The van der Waals surface area contributed by atoms with Gasteiger partial charge in [0.2, 0.25) is 5.91 Å². The molecule has 10 nitrogen and oxygen atoms in total. The normalized spacial score (nSPS) is 25.5. The molecule has 1 aliphatic carbocycles. The quantitative estimate of drug-likeness (QED) is 0.0936. The van der Waals surface area contributed by atoms with Crippen molar-refractivity contribution in [3.05, 3.63) is 135 Å². The van der Waals surface area contributed by atoms with Crippen molar-refractivity contribution < 1.29 is 36.4 Å². The summed E-state index contributed by atoms with van der Waals surface area (Å²) in [5, 5.41) is 2.28. The van der Waals surface area contributed by atoms with E-state index in [1.807, 2.05) is 75.1 Å². The molecular formula is C52H56Cl2F4N6O4SSi. The van der Waals surface area contributed by atoms with Crippen LogP contribution in [0.3, 0.4) is 0 Å². The van der Waals surface area contributed by atoms with E-state index in [1.54, 1.807) is 35.1 Å². The number of carbonyl (C=O) groups excluding carboxylic acids is 3. The lowest BCUT2D eigenvalue weighted by atomic mass is 9.81. The van der Waals surface area contributed by atoms with Gasteiger partial charge in [-0.1, -0.05) is 131 Å². The van der Waals surface area contributed by atoms with Gasteiger partial charge in [-0.25, -0.2) is 14.4 Å². The van der Waals surface area contributed by atoms with Gasteiger partial charge in [-0.15, -0.1) is 0 Å². The number of nitrogens with zero attached hydrogens (tertiary/aromatic N) is 6. The van der Waals surface area contributed by atoms with Crippen molar-refractivity contribution in [3.63, 3.8) is 0 Å². The van der Waals surface area contributed by atoms with Crippen LogP contribution in [0.4, 0.5) is 17.6 Å². The third-order valence-electron chi connectivity index (χ3n) is 14.8. The van der Waals surface area contributed by atoms with E-state index in [2.05, 4.69) is 50.0 Å². The predicted molar refractivity (Wildman–Crippen MR) is 268 cm³/mol. The summed E-state index contributed by atoms with van der Waals surface area (Å²) >= 11 is 13.7. The van der Waals surface area contributed by atoms with E-state index >= 15 is 14.0 Å². The smallest absolute Gasteiger partial charge is 0.400 e. The number of thioether (sulfide) groups is 1. The fourth-order valence-corrected chi connectivity index (χ4v) is 17.7. The van der Waals surface area contributed by atoms with Gasteiger partial charge in [0, 0.05) is 49.6 Å². The van der Waals surface area contributed by atoms with Crippen LogP contribution < -0.4 is 10.4 Å². The lowest BCUT2D eigenvalue weighted by molar-refractivity contribution is -0.193. The van der Waals surface area contributed by atoms with Gasteiger partial charge in [-0.3, -0.25) is 14.4 Å². The van der Waals surface area contributed by atoms with E-state index in [0.717, 1.165) is 15.3 Å². The summed E-state index contributed by atoms with van der Waals surface area (Å²) < 4.78 is 65.2.